The smallest absolute Gasteiger partial charge is 0.326 e. The molecule has 0 radical (unpaired) electrons. The lowest BCUT2D eigenvalue weighted by atomic mass is 10.1. The van der Waals surface area contributed by atoms with Gasteiger partial charge in [-0.05, 0) is 25.0 Å². The van der Waals surface area contributed by atoms with E-state index in [-0.39, 0.29) is 18.9 Å². The van der Waals surface area contributed by atoms with E-state index < -0.39 is 17.0 Å². The number of nitrogens with zero attached hydrogens (tertiary/aromatic N) is 3. The van der Waals surface area contributed by atoms with Crippen LogP contribution in [-0.2, 0) is 4.79 Å². The van der Waals surface area contributed by atoms with Crippen molar-refractivity contribution in [2.75, 3.05) is 11.9 Å². The van der Waals surface area contributed by atoms with Crippen molar-refractivity contribution in [3.05, 3.63) is 58.6 Å². The quantitative estimate of drug-likeness (QED) is 0.113. The molecule has 0 saturated heterocycles. The minimum absolute atomic E-state index is 0.163. The normalized spacial score (nSPS) is 12.6. The standard InChI is InChI=1S/C19H20N6O4/c20-19(24-25(28)29)21-11-5-10-16(18(26)27)23-17-12-6-1-3-8-14(12)22-15-9-4-2-7-13(15)17/h1-4,6-9,16H,5,10-11H2,(H,22,23)(H,26,27)(H3,20,21,24)/t16-/m0/s1. The number of rotatable bonds is 8. The molecule has 0 aliphatic carbocycles. The van der Waals surface area contributed by atoms with Crippen LogP contribution in [0.5, 0.6) is 0 Å². The molecule has 3 aromatic rings. The molecule has 0 aliphatic rings. The van der Waals surface area contributed by atoms with Crippen LogP contribution >= 0.6 is 0 Å². The van der Waals surface area contributed by atoms with Crippen molar-refractivity contribution < 1.29 is 14.9 Å². The Labute approximate surface area is 165 Å². The lowest BCUT2D eigenvalue weighted by molar-refractivity contribution is -0.525. The molecule has 1 heterocycles. The lowest BCUT2D eigenvalue weighted by Gasteiger charge is -2.19. The number of benzene rings is 2. The van der Waals surface area contributed by atoms with Gasteiger partial charge in [0.05, 0.1) is 16.7 Å². The Bertz CT molecular complexity index is 1030. The number of hydrazine groups is 1. The van der Waals surface area contributed by atoms with Crippen molar-refractivity contribution in [2.45, 2.75) is 18.9 Å². The number of nitro groups is 1. The van der Waals surface area contributed by atoms with Crippen LogP contribution in [0, 0.1) is 10.1 Å². The second-order valence-electron chi connectivity index (χ2n) is 6.33. The highest BCUT2D eigenvalue weighted by molar-refractivity contribution is 6.08. The zero-order chi connectivity index (χ0) is 20.8. The van der Waals surface area contributed by atoms with Crippen molar-refractivity contribution in [3.8, 4) is 0 Å². The Morgan fingerprint density at radius 3 is 2.31 bits per heavy atom. The fraction of sp³-hybridized carbons (Fsp3) is 0.211. The third-order valence-corrected chi connectivity index (χ3v) is 4.34. The summed E-state index contributed by atoms with van der Waals surface area (Å²) in [7, 11) is 0. The van der Waals surface area contributed by atoms with Crippen molar-refractivity contribution in [2.24, 2.45) is 10.7 Å². The van der Waals surface area contributed by atoms with Gasteiger partial charge in [-0.25, -0.2) is 24.9 Å². The monoisotopic (exact) mass is 396 g/mol. The first-order chi connectivity index (χ1) is 14.0. The highest BCUT2D eigenvalue weighted by Gasteiger charge is 2.19. The molecule has 0 amide bonds. The number of pyridine rings is 1. The Kier molecular flexibility index (Phi) is 6.03. The van der Waals surface area contributed by atoms with Gasteiger partial charge in [0.1, 0.15) is 6.04 Å². The number of aliphatic imine (C=N–C) groups is 1. The van der Waals surface area contributed by atoms with Gasteiger partial charge in [0.2, 0.25) is 0 Å². The molecule has 5 N–H and O–H groups in total. The maximum absolute atomic E-state index is 11.8. The van der Waals surface area contributed by atoms with E-state index in [0.717, 1.165) is 21.8 Å². The van der Waals surface area contributed by atoms with Gasteiger partial charge < -0.3 is 16.2 Å². The largest absolute Gasteiger partial charge is 0.480 e. The van der Waals surface area contributed by atoms with E-state index in [0.29, 0.717) is 12.1 Å². The Morgan fingerprint density at radius 1 is 1.17 bits per heavy atom. The fourth-order valence-corrected chi connectivity index (χ4v) is 3.05. The number of aliphatic carboxylic acids is 1. The molecule has 0 spiro atoms. The number of guanidine groups is 1. The summed E-state index contributed by atoms with van der Waals surface area (Å²) < 4.78 is 0. The van der Waals surface area contributed by atoms with E-state index in [1.165, 1.54) is 0 Å². The first-order valence-corrected chi connectivity index (χ1v) is 8.93. The molecule has 150 valence electrons. The number of carbonyl (C=O) groups is 1. The maximum Gasteiger partial charge on any atom is 0.326 e. The molecule has 1 atom stereocenters. The third kappa shape index (κ3) is 4.86. The Morgan fingerprint density at radius 2 is 1.76 bits per heavy atom. The molecule has 0 bridgehead atoms. The van der Waals surface area contributed by atoms with Crippen LogP contribution in [0.1, 0.15) is 12.8 Å². The predicted molar refractivity (Wildman–Crippen MR) is 110 cm³/mol. The van der Waals surface area contributed by atoms with Crippen LogP contribution in [-0.4, -0.2) is 39.6 Å². The summed E-state index contributed by atoms with van der Waals surface area (Å²) >= 11 is 0. The van der Waals surface area contributed by atoms with Gasteiger partial charge in [0.15, 0.2) is 5.03 Å². The Hall–Kier alpha value is -3.95. The molecule has 10 nitrogen and oxygen atoms in total. The summed E-state index contributed by atoms with van der Waals surface area (Å²) in [5, 5.41) is 24.0. The highest BCUT2D eigenvalue weighted by Crippen LogP contribution is 2.31. The van der Waals surface area contributed by atoms with Crippen LogP contribution in [0.4, 0.5) is 5.69 Å². The van der Waals surface area contributed by atoms with Crippen LogP contribution in [0.3, 0.4) is 0 Å². The SMILES string of the molecule is NC(=NCCC[C@H](Nc1c2ccccc2nc2ccccc12)C(=O)O)N[N+](=O)[O-]. The van der Waals surface area contributed by atoms with E-state index in [9.17, 15) is 20.0 Å². The van der Waals surface area contributed by atoms with Crippen molar-refractivity contribution >= 4 is 39.4 Å². The molecule has 29 heavy (non-hydrogen) atoms. The van der Waals surface area contributed by atoms with Gasteiger partial charge in [-0.2, -0.15) is 0 Å². The summed E-state index contributed by atoms with van der Waals surface area (Å²) in [6.07, 6.45) is 0.639. The molecule has 10 heteroatoms. The fourth-order valence-electron chi connectivity index (χ4n) is 3.05. The average molecular weight is 396 g/mol. The van der Waals surface area contributed by atoms with Crippen molar-refractivity contribution in [1.29, 1.82) is 0 Å². The van der Waals surface area contributed by atoms with Crippen LogP contribution in [0.15, 0.2) is 53.5 Å². The summed E-state index contributed by atoms with van der Waals surface area (Å²) in [6.45, 7) is 0.163. The Balaban J connectivity index is 1.82. The number of para-hydroxylation sites is 2. The number of anilines is 1. The van der Waals surface area contributed by atoms with E-state index >= 15 is 0 Å². The van der Waals surface area contributed by atoms with Crippen molar-refractivity contribution in [1.82, 2.24) is 10.4 Å². The summed E-state index contributed by atoms with van der Waals surface area (Å²) in [5.41, 5.74) is 9.34. The van der Waals surface area contributed by atoms with Crippen LogP contribution in [0.25, 0.3) is 21.8 Å². The predicted octanol–water partition coefficient (Wildman–Crippen LogP) is 2.13. The number of nitrogens with two attached hydrogens (primary N) is 1. The minimum atomic E-state index is -1.00. The second kappa shape index (κ2) is 8.83. The van der Waals surface area contributed by atoms with E-state index in [4.69, 9.17) is 5.73 Å². The van der Waals surface area contributed by atoms with E-state index in [2.05, 4.69) is 15.3 Å². The topological polar surface area (TPSA) is 156 Å². The van der Waals surface area contributed by atoms with Gasteiger partial charge in [-0.1, -0.05) is 41.8 Å². The van der Waals surface area contributed by atoms with Gasteiger partial charge in [0, 0.05) is 17.3 Å². The number of hydrogen-bond acceptors (Lipinski definition) is 6. The summed E-state index contributed by atoms with van der Waals surface area (Å²) in [4.78, 5) is 30.5. The van der Waals surface area contributed by atoms with E-state index in [1.54, 1.807) is 5.43 Å². The number of carboxylic acid groups (broad SMARTS) is 1. The van der Waals surface area contributed by atoms with Gasteiger partial charge in [0.25, 0.3) is 5.96 Å². The molecule has 0 unspecified atom stereocenters. The first kappa shape index (κ1) is 19.8. The van der Waals surface area contributed by atoms with Crippen LogP contribution in [0.2, 0.25) is 0 Å². The third-order valence-electron chi connectivity index (χ3n) is 4.34. The van der Waals surface area contributed by atoms with Crippen LogP contribution < -0.4 is 16.5 Å². The molecule has 0 aliphatic heterocycles. The zero-order valence-corrected chi connectivity index (χ0v) is 15.4. The summed E-state index contributed by atoms with van der Waals surface area (Å²) in [6, 6.07) is 14.2. The molecular formula is C19H20N6O4. The van der Waals surface area contributed by atoms with Gasteiger partial charge in [-0.15, -0.1) is 0 Å². The van der Waals surface area contributed by atoms with Crippen molar-refractivity contribution in [3.63, 3.8) is 0 Å². The zero-order valence-electron chi connectivity index (χ0n) is 15.4. The average Bonchev–Trinajstić information content (AvgIpc) is 2.68. The summed E-state index contributed by atoms with van der Waals surface area (Å²) in [5.74, 6) is -1.32. The number of nitrogens with one attached hydrogen (secondary N) is 2. The number of fused-ring (bicyclic) bond motifs is 2. The van der Waals surface area contributed by atoms with Gasteiger partial charge >= 0.3 is 5.97 Å². The molecular weight excluding hydrogens is 376 g/mol. The molecule has 1 aromatic heterocycles. The molecule has 2 aromatic carbocycles. The first-order valence-electron chi connectivity index (χ1n) is 8.93. The molecule has 3 rings (SSSR count). The van der Waals surface area contributed by atoms with E-state index in [1.807, 2.05) is 48.5 Å². The lowest BCUT2D eigenvalue weighted by Crippen LogP contribution is -2.36. The number of carboxylic acids is 1. The minimum Gasteiger partial charge on any atom is -0.480 e. The molecule has 0 saturated carbocycles. The maximum atomic E-state index is 11.8. The highest BCUT2D eigenvalue weighted by atomic mass is 16.7. The van der Waals surface area contributed by atoms with Gasteiger partial charge in [-0.3, -0.25) is 0 Å². The second-order valence-corrected chi connectivity index (χ2v) is 6.33. The molecule has 0 fully saturated rings. The number of aromatic nitrogens is 1. The number of hydrogen-bond donors (Lipinski definition) is 4.